The van der Waals surface area contributed by atoms with E-state index in [4.69, 9.17) is 0 Å². The fourth-order valence-corrected chi connectivity index (χ4v) is 7.86. The Morgan fingerprint density at radius 3 is 1.48 bits per heavy atom. The fourth-order valence-electron chi connectivity index (χ4n) is 3.86. The van der Waals surface area contributed by atoms with Crippen molar-refractivity contribution >= 4 is 23.9 Å². The molecular weight excluding hydrogens is 367 g/mol. The molecule has 1 heteroatoms. The minimum Gasteiger partial charge on any atom is -0.0622 e. The summed E-state index contributed by atoms with van der Waals surface area (Å²) in [4.78, 5) is 0. The van der Waals surface area contributed by atoms with Gasteiger partial charge in [0.25, 0.3) is 0 Å². The van der Waals surface area contributed by atoms with Crippen molar-refractivity contribution in [3.8, 4) is 0 Å². The van der Waals surface area contributed by atoms with Gasteiger partial charge in [-0.3, -0.25) is 0 Å². The normalized spacial score (nSPS) is 11.6. The summed E-state index contributed by atoms with van der Waals surface area (Å²) in [5, 5.41) is 2.93. The summed E-state index contributed by atoms with van der Waals surface area (Å²) in [5.74, 6) is 0. The van der Waals surface area contributed by atoms with Gasteiger partial charge >= 0.3 is 0 Å². The van der Waals surface area contributed by atoms with Crippen molar-refractivity contribution in [1.29, 1.82) is 0 Å². The van der Waals surface area contributed by atoms with Crippen molar-refractivity contribution in [2.24, 2.45) is 0 Å². The maximum Gasteiger partial charge on any atom is 0.0998 e. The van der Waals surface area contributed by atoms with Gasteiger partial charge in [0, 0.05) is 0 Å². The standard InChI is InChI=1S/C28H26P/c1-5-14-25(15-6-1)18-13-23-29(27-19-9-3-10-20-27,28-21-11-4-12-22-28)24-26-16-7-2-8-17-26/h1-22H,23-24H2/q+1/b18-13+. The number of hydrogen-bond donors (Lipinski definition) is 0. The van der Waals surface area contributed by atoms with E-state index in [1.807, 2.05) is 0 Å². The molecule has 0 spiro atoms. The summed E-state index contributed by atoms with van der Waals surface area (Å²) in [6, 6.07) is 43.8. The lowest BCUT2D eigenvalue weighted by atomic mass is 10.2. The van der Waals surface area contributed by atoms with Gasteiger partial charge < -0.3 is 0 Å². The number of rotatable bonds is 7. The highest BCUT2D eigenvalue weighted by atomic mass is 31.2. The molecule has 0 aliphatic rings. The molecule has 0 aromatic heterocycles. The third kappa shape index (κ3) is 4.73. The molecule has 4 rings (SSSR count). The Morgan fingerprint density at radius 1 is 0.517 bits per heavy atom. The van der Waals surface area contributed by atoms with Crippen LogP contribution >= 0.6 is 7.26 Å². The van der Waals surface area contributed by atoms with Gasteiger partial charge in [0.15, 0.2) is 0 Å². The van der Waals surface area contributed by atoms with Gasteiger partial charge in [0.05, 0.1) is 30.2 Å². The Kier molecular flexibility index (Phi) is 6.35. The van der Waals surface area contributed by atoms with Crippen LogP contribution in [0.4, 0.5) is 0 Å². The smallest absolute Gasteiger partial charge is 0.0622 e. The lowest BCUT2D eigenvalue weighted by Crippen LogP contribution is -2.26. The lowest BCUT2D eigenvalue weighted by Gasteiger charge is -2.27. The van der Waals surface area contributed by atoms with Gasteiger partial charge in [-0.05, 0) is 41.5 Å². The van der Waals surface area contributed by atoms with Crippen molar-refractivity contribution in [2.75, 3.05) is 6.16 Å². The maximum atomic E-state index is 2.38. The number of allylic oxidation sites excluding steroid dienone is 1. The molecule has 0 aliphatic heterocycles. The fraction of sp³-hybridized carbons (Fsp3) is 0.0714. The highest BCUT2D eigenvalue weighted by molar-refractivity contribution is 7.89. The Morgan fingerprint density at radius 2 is 0.966 bits per heavy atom. The highest BCUT2D eigenvalue weighted by Gasteiger charge is 2.41. The Bertz CT molecular complexity index is 983. The minimum absolute atomic E-state index is 1.05. The first-order valence-corrected chi connectivity index (χ1v) is 12.3. The van der Waals surface area contributed by atoms with E-state index in [0.717, 1.165) is 12.3 Å². The van der Waals surface area contributed by atoms with E-state index >= 15 is 0 Å². The van der Waals surface area contributed by atoms with E-state index in [-0.39, 0.29) is 0 Å². The molecule has 29 heavy (non-hydrogen) atoms. The summed E-state index contributed by atoms with van der Waals surface area (Å²) in [6.45, 7) is 0. The van der Waals surface area contributed by atoms with Crippen LogP contribution in [0.15, 0.2) is 127 Å². The molecule has 0 radical (unpaired) electrons. The lowest BCUT2D eigenvalue weighted by molar-refractivity contribution is 1.37. The number of benzene rings is 4. The number of hydrogen-bond acceptors (Lipinski definition) is 0. The molecule has 0 unspecified atom stereocenters. The largest absolute Gasteiger partial charge is 0.0998 e. The SMILES string of the molecule is C(=C\c1ccccc1)/C[P+](Cc1ccccc1)(c1ccccc1)c1ccccc1. The van der Waals surface area contributed by atoms with Gasteiger partial charge in [-0.15, -0.1) is 0 Å². The van der Waals surface area contributed by atoms with E-state index in [0.29, 0.717) is 0 Å². The quantitative estimate of drug-likeness (QED) is 0.312. The molecule has 4 aromatic carbocycles. The monoisotopic (exact) mass is 393 g/mol. The molecule has 0 heterocycles. The maximum absolute atomic E-state index is 2.38. The average molecular weight is 393 g/mol. The van der Waals surface area contributed by atoms with E-state index in [1.54, 1.807) is 0 Å². The molecule has 142 valence electrons. The van der Waals surface area contributed by atoms with Crippen LogP contribution in [-0.4, -0.2) is 6.16 Å². The van der Waals surface area contributed by atoms with Gasteiger partial charge in [0.2, 0.25) is 0 Å². The summed E-state index contributed by atoms with van der Waals surface area (Å²) in [5.41, 5.74) is 2.66. The summed E-state index contributed by atoms with van der Waals surface area (Å²) >= 11 is 0. The molecule has 0 N–H and O–H groups in total. The van der Waals surface area contributed by atoms with Crippen LogP contribution < -0.4 is 10.6 Å². The summed E-state index contributed by atoms with van der Waals surface area (Å²) in [7, 11) is -1.65. The van der Waals surface area contributed by atoms with Crippen LogP contribution in [0.2, 0.25) is 0 Å². The van der Waals surface area contributed by atoms with Crippen LogP contribution in [0.3, 0.4) is 0 Å². The first-order chi connectivity index (χ1) is 14.4. The Balaban J connectivity index is 1.80. The second-order valence-electron chi connectivity index (χ2n) is 7.28. The van der Waals surface area contributed by atoms with Crippen molar-refractivity contribution in [3.63, 3.8) is 0 Å². The third-order valence-electron chi connectivity index (χ3n) is 5.32. The third-order valence-corrected chi connectivity index (χ3v) is 9.64. The van der Waals surface area contributed by atoms with Crippen molar-refractivity contribution < 1.29 is 0 Å². The highest BCUT2D eigenvalue weighted by Crippen LogP contribution is 2.59. The van der Waals surface area contributed by atoms with E-state index < -0.39 is 7.26 Å². The van der Waals surface area contributed by atoms with Crippen LogP contribution in [0.25, 0.3) is 6.08 Å². The van der Waals surface area contributed by atoms with E-state index in [9.17, 15) is 0 Å². The molecular formula is C28H26P+. The van der Waals surface area contributed by atoms with Gasteiger partial charge in [-0.1, -0.05) is 103 Å². The molecule has 0 saturated carbocycles. The zero-order chi connectivity index (χ0) is 19.8. The van der Waals surface area contributed by atoms with Crippen LogP contribution in [0.5, 0.6) is 0 Å². The van der Waals surface area contributed by atoms with Crippen LogP contribution in [-0.2, 0) is 6.16 Å². The predicted molar refractivity (Wildman–Crippen MR) is 130 cm³/mol. The Labute approximate surface area is 174 Å². The second-order valence-corrected chi connectivity index (χ2v) is 10.9. The van der Waals surface area contributed by atoms with Crippen molar-refractivity contribution in [1.82, 2.24) is 0 Å². The summed E-state index contributed by atoms with van der Waals surface area (Å²) < 4.78 is 0. The minimum atomic E-state index is -1.65. The van der Waals surface area contributed by atoms with E-state index in [1.165, 1.54) is 21.7 Å². The Hall–Kier alpha value is -2.95. The van der Waals surface area contributed by atoms with Crippen LogP contribution in [0.1, 0.15) is 11.1 Å². The second kappa shape index (κ2) is 9.50. The molecule has 0 aliphatic carbocycles. The topological polar surface area (TPSA) is 0 Å². The summed E-state index contributed by atoms with van der Waals surface area (Å²) in [6.07, 6.45) is 6.77. The molecule has 0 amide bonds. The zero-order valence-corrected chi connectivity index (χ0v) is 17.5. The molecule has 0 nitrogen and oxygen atoms in total. The molecule has 0 bridgehead atoms. The van der Waals surface area contributed by atoms with Crippen LogP contribution in [0, 0.1) is 0 Å². The predicted octanol–water partition coefficient (Wildman–Crippen LogP) is 6.57. The molecule has 0 saturated heterocycles. The van der Waals surface area contributed by atoms with Gasteiger partial charge in [-0.25, -0.2) is 0 Å². The van der Waals surface area contributed by atoms with Gasteiger partial charge in [0.1, 0.15) is 0 Å². The van der Waals surface area contributed by atoms with Gasteiger partial charge in [-0.2, -0.15) is 0 Å². The van der Waals surface area contributed by atoms with Crippen molar-refractivity contribution in [3.05, 3.63) is 139 Å². The van der Waals surface area contributed by atoms with Crippen molar-refractivity contribution in [2.45, 2.75) is 6.16 Å². The molecule has 0 atom stereocenters. The zero-order valence-electron chi connectivity index (χ0n) is 16.6. The van der Waals surface area contributed by atoms with E-state index in [2.05, 4.69) is 133 Å². The molecule has 0 fully saturated rings. The first-order valence-electron chi connectivity index (χ1n) is 10.1. The average Bonchev–Trinajstić information content (AvgIpc) is 2.81. The first kappa shape index (κ1) is 19.4. The molecule has 4 aromatic rings.